The number of carbonyl (C=O) groups excluding carboxylic acids is 1. The van der Waals surface area contributed by atoms with Crippen LogP contribution in [0.2, 0.25) is 0 Å². The van der Waals surface area contributed by atoms with E-state index in [4.69, 9.17) is 0 Å². The molecule has 1 spiro atoms. The van der Waals surface area contributed by atoms with Crippen molar-refractivity contribution < 1.29 is 26.7 Å². The van der Waals surface area contributed by atoms with E-state index in [0.717, 1.165) is 44.0 Å². The summed E-state index contributed by atoms with van der Waals surface area (Å²) in [5, 5.41) is 5.98. The van der Waals surface area contributed by atoms with Gasteiger partial charge in [0.25, 0.3) is 5.91 Å². The normalized spacial score (nSPS) is 26.8. The highest BCUT2D eigenvalue weighted by Crippen LogP contribution is 2.45. The van der Waals surface area contributed by atoms with Crippen LogP contribution < -0.4 is 15.5 Å². The lowest BCUT2D eigenvalue weighted by Crippen LogP contribution is -2.42. The first-order valence-corrected chi connectivity index (χ1v) is 11.0. The zero-order valence-corrected chi connectivity index (χ0v) is 17.7. The molecule has 1 saturated carbocycles. The van der Waals surface area contributed by atoms with E-state index in [0.29, 0.717) is 24.3 Å². The molecule has 176 valence electrons. The molecule has 2 N–H and O–H groups in total. The van der Waals surface area contributed by atoms with Crippen molar-refractivity contribution in [1.82, 2.24) is 15.6 Å². The van der Waals surface area contributed by atoms with E-state index in [1.165, 1.54) is 12.4 Å². The molecule has 2 saturated heterocycles. The van der Waals surface area contributed by atoms with Crippen LogP contribution in [0.1, 0.15) is 36.0 Å². The second-order valence-corrected chi connectivity index (χ2v) is 9.19. The topological polar surface area (TPSA) is 57.3 Å². The molecule has 5 nitrogen and oxygen atoms in total. The maximum atomic E-state index is 14.0. The van der Waals surface area contributed by atoms with Crippen molar-refractivity contribution in [3.8, 4) is 11.1 Å². The Hall–Kier alpha value is -2.75. The Balaban J connectivity index is 1.52. The summed E-state index contributed by atoms with van der Waals surface area (Å²) in [5.41, 5.74) is 0.991. The van der Waals surface area contributed by atoms with E-state index in [2.05, 4.69) is 15.6 Å². The van der Waals surface area contributed by atoms with Crippen molar-refractivity contribution >= 4 is 11.6 Å². The predicted molar refractivity (Wildman–Crippen MR) is 112 cm³/mol. The maximum absolute atomic E-state index is 14.0. The van der Waals surface area contributed by atoms with Crippen molar-refractivity contribution in [2.75, 3.05) is 24.5 Å². The van der Waals surface area contributed by atoms with Crippen LogP contribution in [-0.4, -0.2) is 48.3 Å². The van der Waals surface area contributed by atoms with Crippen LogP contribution in [0, 0.1) is 17.6 Å². The summed E-state index contributed by atoms with van der Waals surface area (Å²) in [6.45, 7) is 2.06. The SMILES string of the molecule is O=C(N[C@H]1C[C@@H]1C(F)(F)F)c1cncc(-c2cc(F)cc(F)c2)c1N1CC[C@@]2(CCCN2)C1. The molecule has 2 aromatic rings. The van der Waals surface area contributed by atoms with E-state index < -0.39 is 35.7 Å². The summed E-state index contributed by atoms with van der Waals surface area (Å²) in [7, 11) is 0. The van der Waals surface area contributed by atoms with E-state index in [-0.39, 0.29) is 23.1 Å². The Kier molecular flexibility index (Phi) is 5.30. The van der Waals surface area contributed by atoms with E-state index in [9.17, 15) is 26.7 Å². The van der Waals surface area contributed by atoms with Gasteiger partial charge in [-0.25, -0.2) is 8.78 Å². The molecular formula is C23H23F5N4O. The summed E-state index contributed by atoms with van der Waals surface area (Å²) in [6, 6.07) is 2.09. The predicted octanol–water partition coefficient (Wildman–Crippen LogP) is 4.04. The first kappa shape index (κ1) is 22.1. The third kappa shape index (κ3) is 4.28. The monoisotopic (exact) mass is 466 g/mol. The van der Waals surface area contributed by atoms with Gasteiger partial charge < -0.3 is 15.5 Å². The molecule has 3 aliphatic rings. The molecule has 0 unspecified atom stereocenters. The zero-order valence-electron chi connectivity index (χ0n) is 17.7. The number of benzene rings is 1. The number of nitrogens with one attached hydrogen (secondary N) is 2. The van der Waals surface area contributed by atoms with Crippen molar-refractivity contribution in [1.29, 1.82) is 0 Å². The van der Waals surface area contributed by atoms with Crippen LogP contribution in [0.4, 0.5) is 27.6 Å². The van der Waals surface area contributed by atoms with Gasteiger partial charge in [-0.05, 0) is 49.9 Å². The Bertz CT molecular complexity index is 1060. The fourth-order valence-corrected chi connectivity index (χ4v) is 5.12. The minimum atomic E-state index is -4.37. The standard InChI is InChI=1S/C23H23F5N4O/c24-14-6-13(7-15(25)8-14)16-10-29-11-17(21(33)31-19-9-18(19)23(26,27)28)20(16)32-5-3-22(12-32)2-1-4-30-22/h6-8,10-11,18-19,30H,1-5,9,12H2,(H,31,33)/t18-,19-,22-/m0/s1. The molecular weight excluding hydrogens is 443 g/mol. The molecule has 3 heterocycles. The molecule has 0 radical (unpaired) electrons. The van der Waals surface area contributed by atoms with Gasteiger partial charge in [0.05, 0.1) is 17.2 Å². The van der Waals surface area contributed by atoms with Gasteiger partial charge in [-0.2, -0.15) is 13.2 Å². The van der Waals surface area contributed by atoms with Crippen LogP contribution in [0.3, 0.4) is 0 Å². The number of pyridine rings is 1. The first-order chi connectivity index (χ1) is 15.7. The van der Waals surface area contributed by atoms with Crippen LogP contribution in [0.25, 0.3) is 11.1 Å². The van der Waals surface area contributed by atoms with Gasteiger partial charge in [0, 0.05) is 48.7 Å². The molecule has 1 aliphatic carbocycles. The molecule has 1 aromatic heterocycles. The number of aromatic nitrogens is 1. The second kappa shape index (κ2) is 7.93. The Morgan fingerprint density at radius 1 is 1.15 bits per heavy atom. The van der Waals surface area contributed by atoms with Crippen molar-refractivity contribution in [3.05, 3.63) is 47.8 Å². The van der Waals surface area contributed by atoms with Gasteiger partial charge in [-0.3, -0.25) is 9.78 Å². The molecule has 10 heteroatoms. The Morgan fingerprint density at radius 2 is 1.91 bits per heavy atom. The minimum Gasteiger partial charge on any atom is -0.368 e. The highest BCUT2D eigenvalue weighted by molar-refractivity contribution is 6.03. The van der Waals surface area contributed by atoms with Gasteiger partial charge in [0.15, 0.2) is 0 Å². The summed E-state index contributed by atoms with van der Waals surface area (Å²) < 4.78 is 66.8. The largest absolute Gasteiger partial charge is 0.393 e. The number of hydrogen-bond acceptors (Lipinski definition) is 4. The quantitative estimate of drug-likeness (QED) is 0.668. The molecule has 2 aliphatic heterocycles. The van der Waals surface area contributed by atoms with Crippen LogP contribution in [0.5, 0.6) is 0 Å². The third-order valence-electron chi connectivity index (χ3n) is 6.87. The first-order valence-electron chi connectivity index (χ1n) is 11.0. The number of amides is 1. The number of carbonyl (C=O) groups is 1. The smallest absolute Gasteiger partial charge is 0.368 e. The molecule has 3 fully saturated rings. The average Bonchev–Trinajstić information content (AvgIpc) is 3.20. The van der Waals surface area contributed by atoms with Gasteiger partial charge in [-0.1, -0.05) is 0 Å². The number of rotatable bonds is 4. The summed E-state index contributed by atoms with van der Waals surface area (Å²) in [4.78, 5) is 19.1. The Morgan fingerprint density at radius 3 is 2.55 bits per heavy atom. The summed E-state index contributed by atoms with van der Waals surface area (Å²) >= 11 is 0. The lowest BCUT2D eigenvalue weighted by Gasteiger charge is -2.28. The number of hydrogen-bond donors (Lipinski definition) is 2. The number of nitrogens with zero attached hydrogens (tertiary/aromatic N) is 2. The van der Waals surface area contributed by atoms with Gasteiger partial charge in [-0.15, -0.1) is 0 Å². The lowest BCUT2D eigenvalue weighted by atomic mass is 9.96. The fourth-order valence-electron chi connectivity index (χ4n) is 5.12. The molecule has 1 amide bonds. The zero-order chi connectivity index (χ0) is 23.4. The Labute approximate surface area is 187 Å². The lowest BCUT2D eigenvalue weighted by molar-refractivity contribution is -0.148. The number of alkyl halides is 3. The maximum Gasteiger partial charge on any atom is 0.393 e. The van der Waals surface area contributed by atoms with Crippen molar-refractivity contribution in [2.45, 2.75) is 43.4 Å². The van der Waals surface area contributed by atoms with Gasteiger partial charge in [0.2, 0.25) is 0 Å². The van der Waals surface area contributed by atoms with E-state index >= 15 is 0 Å². The second-order valence-electron chi connectivity index (χ2n) is 9.19. The van der Waals surface area contributed by atoms with E-state index in [1.807, 2.05) is 4.90 Å². The van der Waals surface area contributed by atoms with Gasteiger partial charge in [0.1, 0.15) is 11.6 Å². The molecule has 3 atom stereocenters. The summed E-state index contributed by atoms with van der Waals surface area (Å²) in [5.74, 6) is -3.77. The fraction of sp³-hybridized carbons (Fsp3) is 0.478. The molecule has 0 bridgehead atoms. The third-order valence-corrected chi connectivity index (χ3v) is 6.87. The van der Waals surface area contributed by atoms with Crippen LogP contribution >= 0.6 is 0 Å². The average molecular weight is 466 g/mol. The molecule has 33 heavy (non-hydrogen) atoms. The van der Waals surface area contributed by atoms with E-state index in [1.54, 1.807) is 0 Å². The number of halogens is 5. The highest BCUT2D eigenvalue weighted by atomic mass is 19.4. The van der Waals surface area contributed by atoms with Crippen molar-refractivity contribution in [3.63, 3.8) is 0 Å². The molecule has 1 aromatic carbocycles. The number of anilines is 1. The van der Waals surface area contributed by atoms with Crippen molar-refractivity contribution in [2.24, 2.45) is 5.92 Å². The van der Waals surface area contributed by atoms with Crippen LogP contribution in [-0.2, 0) is 0 Å². The van der Waals surface area contributed by atoms with Gasteiger partial charge >= 0.3 is 6.18 Å². The molecule has 5 rings (SSSR count). The van der Waals surface area contributed by atoms with Crippen LogP contribution in [0.15, 0.2) is 30.6 Å². The highest BCUT2D eigenvalue weighted by Gasteiger charge is 2.56. The minimum absolute atomic E-state index is 0.0973. The summed E-state index contributed by atoms with van der Waals surface area (Å²) in [6.07, 6.45) is 1.03.